The Labute approximate surface area is 124 Å². The highest BCUT2D eigenvalue weighted by molar-refractivity contribution is 7.11. The first kappa shape index (κ1) is 13.7. The van der Waals surface area contributed by atoms with E-state index >= 15 is 0 Å². The van der Waals surface area contributed by atoms with E-state index in [2.05, 4.69) is 0 Å². The maximum Gasteiger partial charge on any atom is 0.348 e. The van der Waals surface area contributed by atoms with Crippen LogP contribution in [0.5, 0.6) is 11.5 Å². The predicted octanol–water partition coefficient (Wildman–Crippen LogP) is 1.97. The van der Waals surface area contributed by atoms with Crippen LogP contribution < -0.4 is 14.3 Å². The van der Waals surface area contributed by atoms with Crippen molar-refractivity contribution < 1.29 is 19.4 Å². The second kappa shape index (κ2) is 4.92. The molecule has 1 aliphatic heterocycles. The number of nitrogens with zero attached hydrogens (tertiary/aromatic N) is 1. The molecule has 0 saturated carbocycles. The van der Waals surface area contributed by atoms with Gasteiger partial charge in [-0.25, -0.2) is 4.79 Å². The fraction of sp³-hybridized carbons (Fsp3) is 0.286. The number of thiazole rings is 1. The second-order valence-electron chi connectivity index (χ2n) is 4.66. The van der Waals surface area contributed by atoms with Crippen LogP contribution in [0.3, 0.4) is 0 Å². The van der Waals surface area contributed by atoms with Crippen LogP contribution in [0.25, 0.3) is 11.3 Å². The number of aryl methyl sites for hydroxylation is 1. The average molecular weight is 306 g/mol. The summed E-state index contributed by atoms with van der Waals surface area (Å²) in [5.41, 5.74) is 2.39. The number of hydrogen-bond donors (Lipinski definition) is 2. The molecule has 3 rings (SSSR count). The highest BCUT2D eigenvalue weighted by atomic mass is 32.1. The van der Waals surface area contributed by atoms with Gasteiger partial charge < -0.3 is 19.1 Å². The van der Waals surface area contributed by atoms with Gasteiger partial charge in [-0.1, -0.05) is 11.3 Å². The summed E-state index contributed by atoms with van der Waals surface area (Å²) in [5, 5.41) is 17.3. The summed E-state index contributed by atoms with van der Waals surface area (Å²) in [6.07, 6.45) is 0.731. The lowest BCUT2D eigenvalue weighted by Gasteiger charge is -2.21. The Morgan fingerprint density at radius 3 is 2.62 bits per heavy atom. The Hall–Kier alpha value is -2.28. The molecule has 0 unspecified atom stereocenters. The smallest absolute Gasteiger partial charge is 0.348 e. The van der Waals surface area contributed by atoms with Gasteiger partial charge in [0.25, 0.3) is 0 Å². The van der Waals surface area contributed by atoms with Gasteiger partial charge in [0, 0.05) is 12.1 Å². The molecule has 0 atom stereocenters. The summed E-state index contributed by atoms with van der Waals surface area (Å²) in [5.74, 6) is 0.173. The predicted molar refractivity (Wildman–Crippen MR) is 77.4 cm³/mol. The first-order valence-corrected chi connectivity index (χ1v) is 7.15. The van der Waals surface area contributed by atoms with Crippen molar-refractivity contribution in [3.63, 3.8) is 0 Å². The zero-order valence-electron chi connectivity index (χ0n) is 11.6. The first-order chi connectivity index (χ1) is 10.1. The van der Waals surface area contributed by atoms with E-state index in [0.717, 1.165) is 28.9 Å². The van der Waals surface area contributed by atoms with Crippen molar-refractivity contribution in [2.24, 2.45) is 0 Å². The fourth-order valence-electron chi connectivity index (χ4n) is 2.63. The lowest BCUT2D eigenvalue weighted by atomic mass is 9.96. The molecule has 6 nitrogen and oxygen atoms in total. The van der Waals surface area contributed by atoms with Gasteiger partial charge >= 0.3 is 5.97 Å². The molecule has 0 bridgehead atoms. The summed E-state index contributed by atoms with van der Waals surface area (Å²) in [7, 11) is 3.12. The van der Waals surface area contributed by atoms with Crippen LogP contribution in [-0.2, 0) is 13.0 Å². The van der Waals surface area contributed by atoms with Crippen molar-refractivity contribution in [1.82, 2.24) is 4.57 Å². The Bertz CT molecular complexity index is 791. The Kier molecular flexibility index (Phi) is 3.21. The van der Waals surface area contributed by atoms with E-state index < -0.39 is 5.97 Å². The topological polar surface area (TPSA) is 84.5 Å². The third-order valence-corrected chi connectivity index (χ3v) is 4.58. The summed E-state index contributed by atoms with van der Waals surface area (Å²) in [4.78, 5) is 11.9. The zero-order chi connectivity index (χ0) is 15.1. The molecule has 0 spiro atoms. The van der Waals surface area contributed by atoms with E-state index in [1.165, 1.54) is 0 Å². The lowest BCUT2D eigenvalue weighted by molar-refractivity contribution is 0.0702. The number of benzene rings is 1. The largest absolute Gasteiger partial charge is 0.493 e. The number of ether oxygens (including phenoxy) is 2. The molecular weight excluding hydrogens is 292 g/mol. The first-order valence-electron chi connectivity index (χ1n) is 6.33. The van der Waals surface area contributed by atoms with Crippen molar-refractivity contribution in [2.75, 3.05) is 14.2 Å². The number of carbonyl (C=O) groups is 1. The van der Waals surface area contributed by atoms with E-state index in [9.17, 15) is 9.90 Å². The van der Waals surface area contributed by atoms with Crippen LogP contribution in [0.2, 0.25) is 0 Å². The summed E-state index contributed by atoms with van der Waals surface area (Å²) >= 11 is 0.983. The lowest BCUT2D eigenvalue weighted by Crippen LogP contribution is -2.20. The number of aromatic nitrogens is 1. The van der Waals surface area contributed by atoms with Crippen molar-refractivity contribution in [2.45, 2.75) is 13.0 Å². The van der Waals surface area contributed by atoms with E-state index in [0.29, 0.717) is 23.7 Å². The van der Waals surface area contributed by atoms with E-state index in [1.807, 2.05) is 6.07 Å². The van der Waals surface area contributed by atoms with E-state index in [-0.39, 0.29) is 9.68 Å². The number of carboxylic acids is 1. The number of carboxylic acid groups (broad SMARTS) is 1. The minimum Gasteiger partial charge on any atom is -0.493 e. The number of fused-ring (bicyclic) bond motifs is 3. The molecule has 1 aliphatic rings. The molecule has 0 amide bonds. The van der Waals surface area contributed by atoms with Crippen LogP contribution in [0, 0.1) is 5.41 Å². The van der Waals surface area contributed by atoms with Crippen LogP contribution >= 0.6 is 11.3 Å². The van der Waals surface area contributed by atoms with Crippen molar-refractivity contribution >= 4 is 17.3 Å². The van der Waals surface area contributed by atoms with E-state index in [1.54, 1.807) is 24.9 Å². The van der Waals surface area contributed by atoms with Crippen molar-refractivity contribution in [3.8, 4) is 22.8 Å². The van der Waals surface area contributed by atoms with Gasteiger partial charge in [0.2, 0.25) is 0 Å². The maximum absolute atomic E-state index is 11.4. The third-order valence-electron chi connectivity index (χ3n) is 3.59. The molecule has 7 heteroatoms. The summed E-state index contributed by atoms with van der Waals surface area (Å²) in [6.45, 7) is 0.598. The van der Waals surface area contributed by atoms with Crippen molar-refractivity contribution in [3.05, 3.63) is 27.4 Å². The Morgan fingerprint density at radius 2 is 2.00 bits per heavy atom. The van der Waals surface area contributed by atoms with Gasteiger partial charge in [0.1, 0.15) is 4.88 Å². The van der Waals surface area contributed by atoms with E-state index in [4.69, 9.17) is 14.9 Å². The minimum absolute atomic E-state index is 0.188. The molecule has 2 N–H and O–H groups in total. The fourth-order valence-corrected chi connectivity index (χ4v) is 3.52. The van der Waals surface area contributed by atoms with Crippen molar-refractivity contribution in [1.29, 1.82) is 5.41 Å². The summed E-state index contributed by atoms with van der Waals surface area (Å²) in [6, 6.07) is 3.67. The standard InChI is InChI=1S/C14H14N2O4S/c1-19-9-5-7-3-4-16-11(8(7)6-10(9)20-2)12(13(17)18)21-14(16)15/h5-6,15H,3-4H2,1-2H3,(H,17,18). The van der Waals surface area contributed by atoms with Gasteiger partial charge in [-0.15, -0.1) is 0 Å². The maximum atomic E-state index is 11.4. The number of nitrogens with one attached hydrogen (secondary N) is 1. The quantitative estimate of drug-likeness (QED) is 0.908. The van der Waals surface area contributed by atoms with Crippen LogP contribution in [0.4, 0.5) is 0 Å². The number of aromatic carboxylic acids is 1. The van der Waals surface area contributed by atoms with Crippen LogP contribution in [-0.4, -0.2) is 29.9 Å². The van der Waals surface area contributed by atoms with Gasteiger partial charge in [-0.3, -0.25) is 5.41 Å². The minimum atomic E-state index is -1.01. The summed E-state index contributed by atoms with van der Waals surface area (Å²) < 4.78 is 12.3. The molecule has 0 radical (unpaired) electrons. The molecule has 0 fully saturated rings. The van der Waals surface area contributed by atoms with Gasteiger partial charge in [0.15, 0.2) is 16.3 Å². The molecule has 0 saturated heterocycles. The normalized spacial score (nSPS) is 12.5. The molecule has 2 aromatic rings. The molecule has 110 valence electrons. The molecule has 21 heavy (non-hydrogen) atoms. The number of hydrogen-bond acceptors (Lipinski definition) is 5. The number of rotatable bonds is 3. The zero-order valence-corrected chi connectivity index (χ0v) is 12.4. The molecule has 1 aromatic carbocycles. The SMILES string of the molecule is COc1cc2c(cc1OC)-c1c(C(=O)O)sc(=N)n1CC2. The molecule has 0 aliphatic carbocycles. The van der Waals surface area contributed by atoms with Gasteiger partial charge in [0.05, 0.1) is 19.9 Å². The molecule has 2 heterocycles. The molecule has 1 aromatic heterocycles. The second-order valence-corrected chi connectivity index (χ2v) is 5.66. The monoisotopic (exact) mass is 306 g/mol. The van der Waals surface area contributed by atoms with Crippen LogP contribution in [0.15, 0.2) is 12.1 Å². The Morgan fingerprint density at radius 1 is 1.33 bits per heavy atom. The molecular formula is C14H14N2O4S. The highest BCUT2D eigenvalue weighted by Gasteiger charge is 2.27. The van der Waals surface area contributed by atoms with Crippen LogP contribution in [0.1, 0.15) is 15.2 Å². The van der Waals surface area contributed by atoms with Gasteiger partial charge in [-0.05, 0) is 24.1 Å². The highest BCUT2D eigenvalue weighted by Crippen LogP contribution is 2.40. The third kappa shape index (κ3) is 2.01. The van der Waals surface area contributed by atoms with Gasteiger partial charge in [-0.2, -0.15) is 0 Å². The Balaban J connectivity index is 2.31. The number of methoxy groups -OCH3 is 2. The average Bonchev–Trinajstić information content (AvgIpc) is 2.83.